The molecule has 1 heterocycles. The van der Waals surface area contributed by atoms with Crippen LogP contribution in [0.1, 0.15) is 6.92 Å². The number of sulfonamides is 1. The van der Waals surface area contributed by atoms with Crippen LogP contribution in [0.4, 0.5) is 0 Å². The number of nitrogens with zero attached hydrogens (tertiary/aromatic N) is 1. The Labute approximate surface area is 82.9 Å². The molecule has 0 bridgehead atoms. The molecule has 0 aromatic rings. The van der Waals surface area contributed by atoms with Crippen molar-refractivity contribution in [1.29, 1.82) is 0 Å². The summed E-state index contributed by atoms with van der Waals surface area (Å²) < 4.78 is 23.8. The van der Waals surface area contributed by atoms with Crippen LogP contribution in [0.3, 0.4) is 0 Å². The molecule has 82 valence electrons. The number of hydrogen-bond acceptors (Lipinski definition) is 4. The quantitative estimate of drug-likeness (QED) is 0.585. The molecule has 0 aromatic carbocycles. The fourth-order valence-electron chi connectivity index (χ4n) is 1.28. The summed E-state index contributed by atoms with van der Waals surface area (Å²) in [6.07, 6.45) is 0.534. The molecule has 7 heteroatoms. The Morgan fingerprint density at radius 3 is 2.43 bits per heavy atom. The lowest BCUT2D eigenvalue weighted by molar-refractivity contribution is -0.142. The monoisotopic (exact) mass is 222 g/mol. The Bertz CT molecular complexity index is 321. The van der Waals surface area contributed by atoms with E-state index in [1.807, 2.05) is 0 Å². The molecule has 2 N–H and O–H groups in total. The third-order valence-electron chi connectivity index (χ3n) is 1.94. The van der Waals surface area contributed by atoms with Crippen LogP contribution in [0.2, 0.25) is 0 Å². The Morgan fingerprint density at radius 2 is 2.07 bits per heavy atom. The smallest absolute Gasteiger partial charge is 0.240 e. The number of amides is 1. The van der Waals surface area contributed by atoms with Crippen molar-refractivity contribution >= 4 is 15.9 Å². The molecule has 1 unspecified atom stereocenters. The summed E-state index contributed by atoms with van der Waals surface area (Å²) >= 11 is 0. The van der Waals surface area contributed by atoms with Crippen LogP contribution < -0.4 is 4.72 Å². The fourth-order valence-corrected chi connectivity index (χ4v) is 2.02. The molecule has 1 fully saturated rings. The maximum Gasteiger partial charge on any atom is 0.240 e. The first kappa shape index (κ1) is 11.4. The molecule has 0 aromatic heterocycles. The number of nitrogens with one attached hydrogen (secondary N) is 1. The fraction of sp³-hybridized carbons (Fsp3) is 0.857. The molecule has 6 nitrogen and oxygen atoms in total. The van der Waals surface area contributed by atoms with Gasteiger partial charge in [0, 0.05) is 13.1 Å². The van der Waals surface area contributed by atoms with E-state index < -0.39 is 22.2 Å². The first-order valence-corrected chi connectivity index (χ1v) is 6.13. The van der Waals surface area contributed by atoms with E-state index in [9.17, 15) is 13.2 Å². The number of aliphatic hydroxyl groups excluding tert-OH is 1. The van der Waals surface area contributed by atoms with Crippen LogP contribution in [0, 0.1) is 0 Å². The Balaban J connectivity index is 2.45. The molecule has 1 amide bonds. The highest BCUT2D eigenvalue weighted by Crippen LogP contribution is 2.09. The topological polar surface area (TPSA) is 86.7 Å². The van der Waals surface area contributed by atoms with Gasteiger partial charge in [0.05, 0.1) is 18.4 Å². The molecule has 14 heavy (non-hydrogen) atoms. The molecule has 0 radical (unpaired) electrons. The number of likely N-dealkylation sites (tertiary alicyclic amines) is 1. The lowest BCUT2D eigenvalue weighted by atomic mass is 10.1. The van der Waals surface area contributed by atoms with Crippen molar-refractivity contribution in [3.63, 3.8) is 0 Å². The van der Waals surface area contributed by atoms with Gasteiger partial charge in [0.15, 0.2) is 0 Å². The standard InChI is InChI=1S/C7H14N2O4S/c1-5(8-14(2,12)13)7(11)9-3-6(10)4-9/h5-6,8,10H,3-4H2,1-2H3. The van der Waals surface area contributed by atoms with E-state index in [0.29, 0.717) is 0 Å². The van der Waals surface area contributed by atoms with Crippen molar-refractivity contribution in [2.24, 2.45) is 0 Å². The molecular weight excluding hydrogens is 208 g/mol. The molecule has 0 saturated carbocycles. The highest BCUT2D eigenvalue weighted by atomic mass is 32.2. The normalized spacial score (nSPS) is 20.4. The number of carbonyl (C=O) groups excluding carboxylic acids is 1. The summed E-state index contributed by atoms with van der Waals surface area (Å²) in [4.78, 5) is 12.8. The lowest BCUT2D eigenvalue weighted by Gasteiger charge is -2.37. The lowest BCUT2D eigenvalue weighted by Crippen LogP contribution is -2.58. The maximum atomic E-state index is 11.4. The highest BCUT2D eigenvalue weighted by molar-refractivity contribution is 7.88. The first-order chi connectivity index (χ1) is 6.29. The predicted molar refractivity (Wildman–Crippen MR) is 50.0 cm³/mol. The van der Waals surface area contributed by atoms with Crippen molar-refractivity contribution in [3.8, 4) is 0 Å². The minimum Gasteiger partial charge on any atom is -0.389 e. The van der Waals surface area contributed by atoms with Gasteiger partial charge in [-0.25, -0.2) is 13.1 Å². The van der Waals surface area contributed by atoms with Crippen molar-refractivity contribution in [3.05, 3.63) is 0 Å². The number of aliphatic hydroxyl groups is 1. The Hall–Kier alpha value is -0.660. The van der Waals surface area contributed by atoms with E-state index in [0.717, 1.165) is 6.26 Å². The molecule has 1 aliphatic rings. The highest BCUT2D eigenvalue weighted by Gasteiger charge is 2.32. The zero-order chi connectivity index (χ0) is 10.9. The SMILES string of the molecule is CC(NS(C)(=O)=O)C(=O)N1CC(O)C1. The molecular formula is C7H14N2O4S. The van der Waals surface area contributed by atoms with E-state index in [4.69, 9.17) is 5.11 Å². The number of carbonyl (C=O) groups is 1. The minimum atomic E-state index is -3.36. The minimum absolute atomic E-state index is 0.286. The van der Waals surface area contributed by atoms with Gasteiger partial charge in [-0.05, 0) is 6.92 Å². The van der Waals surface area contributed by atoms with Gasteiger partial charge in [0.25, 0.3) is 0 Å². The van der Waals surface area contributed by atoms with Crippen LogP contribution in [-0.4, -0.2) is 55.8 Å². The zero-order valence-electron chi connectivity index (χ0n) is 8.10. The summed E-state index contributed by atoms with van der Waals surface area (Å²) in [5.41, 5.74) is 0. The average Bonchev–Trinajstić information content (AvgIpc) is 1.94. The third kappa shape index (κ3) is 2.93. The average molecular weight is 222 g/mol. The molecule has 1 saturated heterocycles. The van der Waals surface area contributed by atoms with Crippen LogP contribution in [0.25, 0.3) is 0 Å². The van der Waals surface area contributed by atoms with Gasteiger partial charge in [-0.3, -0.25) is 4.79 Å². The predicted octanol–water partition coefficient (Wildman–Crippen LogP) is -1.87. The summed E-state index contributed by atoms with van der Waals surface area (Å²) in [5, 5.41) is 8.95. The summed E-state index contributed by atoms with van der Waals surface area (Å²) in [7, 11) is -3.36. The molecule has 1 atom stereocenters. The van der Waals surface area contributed by atoms with Crippen molar-refractivity contribution in [2.75, 3.05) is 19.3 Å². The van der Waals surface area contributed by atoms with Gasteiger partial charge in [-0.1, -0.05) is 0 Å². The largest absolute Gasteiger partial charge is 0.389 e. The second-order valence-electron chi connectivity index (χ2n) is 3.51. The third-order valence-corrected chi connectivity index (χ3v) is 2.72. The van der Waals surface area contributed by atoms with Gasteiger partial charge in [-0.2, -0.15) is 0 Å². The van der Waals surface area contributed by atoms with Crippen LogP contribution in [0.5, 0.6) is 0 Å². The van der Waals surface area contributed by atoms with E-state index >= 15 is 0 Å². The van der Waals surface area contributed by atoms with Crippen molar-refractivity contribution in [1.82, 2.24) is 9.62 Å². The van der Waals surface area contributed by atoms with Gasteiger partial charge in [0.1, 0.15) is 0 Å². The van der Waals surface area contributed by atoms with Crippen LogP contribution >= 0.6 is 0 Å². The number of hydrogen-bond donors (Lipinski definition) is 2. The van der Waals surface area contributed by atoms with E-state index in [2.05, 4.69) is 4.72 Å². The Kier molecular flexibility index (Phi) is 3.13. The summed E-state index contributed by atoms with van der Waals surface area (Å²) in [6, 6.07) is -0.766. The summed E-state index contributed by atoms with van der Waals surface area (Å²) in [6.45, 7) is 2.05. The zero-order valence-corrected chi connectivity index (χ0v) is 8.91. The van der Waals surface area contributed by atoms with E-state index in [1.165, 1.54) is 11.8 Å². The molecule has 1 aliphatic heterocycles. The Morgan fingerprint density at radius 1 is 1.57 bits per heavy atom. The van der Waals surface area contributed by atoms with Gasteiger partial charge >= 0.3 is 0 Å². The number of β-amino-alcohol motifs (C(OH)–C–C–N with tert-alkyl or cyclic N) is 1. The number of rotatable bonds is 3. The summed E-state index contributed by atoms with van der Waals surface area (Å²) in [5.74, 6) is -0.305. The van der Waals surface area contributed by atoms with Crippen LogP contribution in [0.15, 0.2) is 0 Å². The molecule has 0 spiro atoms. The van der Waals surface area contributed by atoms with Crippen LogP contribution in [-0.2, 0) is 14.8 Å². The molecule has 1 rings (SSSR count). The first-order valence-electron chi connectivity index (χ1n) is 4.24. The van der Waals surface area contributed by atoms with Crippen molar-refractivity contribution in [2.45, 2.75) is 19.1 Å². The second-order valence-corrected chi connectivity index (χ2v) is 5.29. The maximum absolute atomic E-state index is 11.4. The van der Waals surface area contributed by atoms with Gasteiger partial charge < -0.3 is 10.0 Å². The van der Waals surface area contributed by atoms with E-state index in [-0.39, 0.29) is 19.0 Å². The van der Waals surface area contributed by atoms with E-state index in [1.54, 1.807) is 0 Å². The van der Waals surface area contributed by atoms with Gasteiger partial charge in [0.2, 0.25) is 15.9 Å². The molecule has 0 aliphatic carbocycles. The van der Waals surface area contributed by atoms with Crippen molar-refractivity contribution < 1.29 is 18.3 Å². The second kappa shape index (κ2) is 3.84. The van der Waals surface area contributed by atoms with Gasteiger partial charge in [-0.15, -0.1) is 0 Å².